The molecule has 4 aromatic carbocycles. The van der Waals surface area contributed by atoms with Crippen LogP contribution in [0.4, 0.5) is 5.69 Å². The summed E-state index contributed by atoms with van der Waals surface area (Å²) < 4.78 is 34.9. The van der Waals surface area contributed by atoms with Gasteiger partial charge in [-0.2, -0.15) is 0 Å². The van der Waals surface area contributed by atoms with Crippen LogP contribution in [-0.2, 0) is 32.6 Å². The van der Waals surface area contributed by atoms with Crippen molar-refractivity contribution < 1.29 is 22.7 Å². The van der Waals surface area contributed by atoms with E-state index in [2.05, 4.69) is 5.32 Å². The van der Waals surface area contributed by atoms with Crippen molar-refractivity contribution in [3.8, 4) is 5.75 Å². The van der Waals surface area contributed by atoms with E-state index in [9.17, 15) is 18.0 Å². The van der Waals surface area contributed by atoms with Crippen LogP contribution in [0.2, 0.25) is 5.02 Å². The standard InChI is InChI=1S/C35H38ClN3O5S/c1-4-37-35(41)33(23-27-10-7-6-8-11-27)38(24-28-12-9-13-29(36)22-28)34(40)25-39(30-16-14-26(3)15-17-30)45(42,43)32-20-18-31(19-21-32)44-5-2/h6-22,33H,4-5,23-25H2,1-3H3,(H,37,41)/t33-/m0/s1. The summed E-state index contributed by atoms with van der Waals surface area (Å²) in [6, 6.07) is 28.5. The van der Waals surface area contributed by atoms with Gasteiger partial charge in [-0.05, 0) is 80.4 Å². The lowest BCUT2D eigenvalue weighted by atomic mass is 10.0. The highest BCUT2D eigenvalue weighted by molar-refractivity contribution is 7.92. The lowest BCUT2D eigenvalue weighted by Gasteiger charge is -2.34. The van der Waals surface area contributed by atoms with Crippen molar-refractivity contribution in [2.24, 2.45) is 0 Å². The van der Waals surface area contributed by atoms with E-state index in [0.717, 1.165) is 15.4 Å². The Hall–Kier alpha value is -4.34. The van der Waals surface area contributed by atoms with Crippen LogP contribution in [-0.4, -0.2) is 50.9 Å². The molecule has 10 heteroatoms. The zero-order valence-corrected chi connectivity index (χ0v) is 27.2. The van der Waals surface area contributed by atoms with E-state index in [1.54, 1.807) is 54.6 Å². The highest BCUT2D eigenvalue weighted by Gasteiger charge is 2.34. The molecule has 0 bridgehead atoms. The van der Waals surface area contributed by atoms with E-state index in [0.29, 0.717) is 35.2 Å². The number of ether oxygens (including phenoxy) is 1. The Morgan fingerprint density at radius 3 is 2.16 bits per heavy atom. The number of amides is 2. The maximum absolute atomic E-state index is 14.4. The number of hydrogen-bond donors (Lipinski definition) is 1. The first-order valence-electron chi connectivity index (χ1n) is 14.8. The highest BCUT2D eigenvalue weighted by atomic mass is 35.5. The van der Waals surface area contributed by atoms with Crippen LogP contribution in [0.25, 0.3) is 0 Å². The number of carbonyl (C=O) groups excluding carboxylic acids is 2. The Kier molecular flexibility index (Phi) is 11.6. The summed E-state index contributed by atoms with van der Waals surface area (Å²) in [5.41, 5.74) is 2.82. The number of sulfonamides is 1. The van der Waals surface area contributed by atoms with Gasteiger partial charge in [-0.1, -0.05) is 71.8 Å². The Balaban J connectivity index is 1.78. The summed E-state index contributed by atoms with van der Waals surface area (Å²) >= 11 is 6.29. The van der Waals surface area contributed by atoms with Crippen molar-refractivity contribution in [2.45, 2.75) is 44.7 Å². The summed E-state index contributed by atoms with van der Waals surface area (Å²) in [5, 5.41) is 3.34. The second-order valence-electron chi connectivity index (χ2n) is 10.5. The summed E-state index contributed by atoms with van der Waals surface area (Å²) in [6.45, 7) is 5.86. The van der Waals surface area contributed by atoms with E-state index in [1.807, 2.05) is 57.2 Å². The van der Waals surface area contributed by atoms with E-state index >= 15 is 0 Å². The van der Waals surface area contributed by atoms with Crippen LogP contribution >= 0.6 is 11.6 Å². The van der Waals surface area contributed by atoms with Crippen molar-refractivity contribution in [1.29, 1.82) is 0 Å². The van der Waals surface area contributed by atoms with Crippen molar-refractivity contribution >= 4 is 39.1 Å². The second-order valence-corrected chi connectivity index (χ2v) is 12.8. The summed E-state index contributed by atoms with van der Waals surface area (Å²) in [7, 11) is -4.21. The number of anilines is 1. The molecule has 0 unspecified atom stereocenters. The third kappa shape index (κ3) is 8.86. The summed E-state index contributed by atoms with van der Waals surface area (Å²) in [6.07, 6.45) is 0.231. The van der Waals surface area contributed by atoms with E-state index in [1.165, 1.54) is 17.0 Å². The van der Waals surface area contributed by atoms with Gasteiger partial charge in [0.25, 0.3) is 10.0 Å². The minimum atomic E-state index is -4.21. The van der Waals surface area contributed by atoms with Gasteiger partial charge in [0, 0.05) is 24.5 Å². The smallest absolute Gasteiger partial charge is 0.264 e. The molecule has 45 heavy (non-hydrogen) atoms. The molecule has 0 aliphatic carbocycles. The normalized spacial score (nSPS) is 11.8. The molecule has 8 nitrogen and oxygen atoms in total. The molecule has 0 heterocycles. The molecule has 236 valence electrons. The molecule has 4 aromatic rings. The number of aryl methyl sites for hydroxylation is 1. The van der Waals surface area contributed by atoms with E-state index < -0.39 is 28.5 Å². The average molecular weight is 648 g/mol. The highest BCUT2D eigenvalue weighted by Crippen LogP contribution is 2.27. The third-order valence-electron chi connectivity index (χ3n) is 7.19. The SMILES string of the molecule is CCNC(=O)[C@H](Cc1ccccc1)N(Cc1cccc(Cl)c1)C(=O)CN(c1ccc(C)cc1)S(=O)(=O)c1ccc(OCC)cc1. The van der Waals surface area contributed by atoms with Gasteiger partial charge in [0.2, 0.25) is 11.8 Å². The molecule has 0 saturated carbocycles. The molecule has 0 radical (unpaired) electrons. The van der Waals surface area contributed by atoms with Crippen molar-refractivity contribution in [3.63, 3.8) is 0 Å². The van der Waals surface area contributed by atoms with Gasteiger partial charge in [0.05, 0.1) is 17.2 Å². The fraction of sp³-hybridized carbons (Fsp3) is 0.257. The first-order chi connectivity index (χ1) is 21.6. The van der Waals surface area contributed by atoms with Crippen LogP contribution < -0.4 is 14.4 Å². The third-order valence-corrected chi connectivity index (χ3v) is 9.21. The van der Waals surface area contributed by atoms with Gasteiger partial charge in [-0.15, -0.1) is 0 Å². The van der Waals surface area contributed by atoms with Crippen molar-refractivity contribution in [1.82, 2.24) is 10.2 Å². The maximum atomic E-state index is 14.4. The predicted molar refractivity (Wildman–Crippen MR) is 178 cm³/mol. The Bertz CT molecular complexity index is 1680. The maximum Gasteiger partial charge on any atom is 0.264 e. The van der Waals surface area contributed by atoms with Gasteiger partial charge < -0.3 is 15.0 Å². The molecular weight excluding hydrogens is 610 g/mol. The molecule has 1 N–H and O–H groups in total. The minimum absolute atomic E-state index is 0.00489. The number of halogens is 1. The molecule has 0 spiro atoms. The summed E-state index contributed by atoms with van der Waals surface area (Å²) in [5.74, 6) is -0.349. The fourth-order valence-corrected chi connectivity index (χ4v) is 6.55. The van der Waals surface area contributed by atoms with Gasteiger partial charge in [0.15, 0.2) is 0 Å². The lowest BCUT2D eigenvalue weighted by Crippen LogP contribution is -2.53. The lowest BCUT2D eigenvalue weighted by molar-refractivity contribution is -0.140. The molecule has 4 rings (SSSR count). The van der Waals surface area contributed by atoms with Crippen molar-refractivity contribution in [3.05, 3.63) is 125 Å². The molecule has 0 aromatic heterocycles. The molecule has 2 amide bonds. The van der Waals surface area contributed by atoms with Crippen LogP contribution in [0, 0.1) is 6.92 Å². The van der Waals surface area contributed by atoms with Gasteiger partial charge >= 0.3 is 0 Å². The molecule has 1 atom stereocenters. The van der Waals surface area contributed by atoms with Crippen LogP contribution in [0.1, 0.15) is 30.5 Å². The Morgan fingerprint density at radius 2 is 1.53 bits per heavy atom. The van der Waals surface area contributed by atoms with Crippen LogP contribution in [0.15, 0.2) is 108 Å². The fourth-order valence-electron chi connectivity index (χ4n) is 4.92. The van der Waals surface area contributed by atoms with Crippen LogP contribution in [0.3, 0.4) is 0 Å². The number of benzene rings is 4. The predicted octanol–water partition coefficient (Wildman–Crippen LogP) is 6.02. The average Bonchev–Trinajstić information content (AvgIpc) is 3.03. The number of nitrogens with one attached hydrogen (secondary N) is 1. The zero-order chi connectivity index (χ0) is 32.4. The van der Waals surface area contributed by atoms with Crippen LogP contribution in [0.5, 0.6) is 5.75 Å². The first kappa shape index (κ1) is 33.6. The molecule has 0 aliphatic heterocycles. The quantitative estimate of drug-likeness (QED) is 0.181. The van der Waals surface area contributed by atoms with Gasteiger partial charge in [-0.3, -0.25) is 13.9 Å². The Labute approximate surface area is 270 Å². The zero-order valence-electron chi connectivity index (χ0n) is 25.6. The number of likely N-dealkylation sites (N-methyl/N-ethyl adjacent to an activating group) is 1. The minimum Gasteiger partial charge on any atom is -0.494 e. The second kappa shape index (κ2) is 15.6. The van der Waals surface area contributed by atoms with Crippen molar-refractivity contribution in [2.75, 3.05) is 24.0 Å². The van der Waals surface area contributed by atoms with Gasteiger partial charge in [0.1, 0.15) is 18.3 Å². The molecule has 0 fully saturated rings. The molecular formula is C35H38ClN3O5S. The topological polar surface area (TPSA) is 96.0 Å². The molecule has 0 aliphatic rings. The number of hydrogen-bond acceptors (Lipinski definition) is 5. The largest absolute Gasteiger partial charge is 0.494 e. The number of rotatable bonds is 14. The number of nitrogens with zero attached hydrogens (tertiary/aromatic N) is 2. The summed E-state index contributed by atoms with van der Waals surface area (Å²) in [4.78, 5) is 29.4. The van der Waals surface area contributed by atoms with E-state index in [4.69, 9.17) is 16.3 Å². The Morgan fingerprint density at radius 1 is 0.867 bits per heavy atom. The first-order valence-corrected chi connectivity index (χ1v) is 16.6. The van der Waals surface area contributed by atoms with Gasteiger partial charge in [-0.25, -0.2) is 8.42 Å². The number of carbonyl (C=O) groups is 2. The molecule has 0 saturated heterocycles. The monoisotopic (exact) mass is 647 g/mol. The van der Waals surface area contributed by atoms with E-state index in [-0.39, 0.29) is 23.8 Å².